The van der Waals surface area contributed by atoms with E-state index < -0.39 is 30.4 Å². The lowest BCUT2D eigenvalue weighted by Gasteiger charge is -2.35. The van der Waals surface area contributed by atoms with Crippen LogP contribution in [0, 0.1) is 0 Å². The quantitative estimate of drug-likeness (QED) is 0.339. The molecule has 1 aliphatic rings. The van der Waals surface area contributed by atoms with E-state index >= 15 is 0 Å². The number of benzene rings is 2. The summed E-state index contributed by atoms with van der Waals surface area (Å²) >= 11 is 0. The molecule has 1 unspecified atom stereocenters. The third-order valence-corrected chi connectivity index (χ3v) is 6.06. The lowest BCUT2D eigenvalue weighted by Crippen LogP contribution is -2.61. The molecular formula is C26H32N4O5. The third kappa shape index (κ3) is 5.77. The molecule has 2 heterocycles. The average Bonchev–Trinajstić information content (AvgIpc) is 3.26. The number of hydrogen-bond acceptors (Lipinski definition) is 7. The Bertz CT molecular complexity index is 1140. The van der Waals surface area contributed by atoms with Crippen molar-refractivity contribution >= 4 is 5.91 Å². The summed E-state index contributed by atoms with van der Waals surface area (Å²) in [5, 5.41) is 34.2. The van der Waals surface area contributed by atoms with Crippen molar-refractivity contribution < 1.29 is 24.9 Å². The van der Waals surface area contributed by atoms with Gasteiger partial charge in [-0.3, -0.25) is 14.9 Å². The SMILES string of the molecule is CC(C)(C)c1ccc(Cn2nc(-c3ccccc3)cc2C(=O)NNC2OC[C@@H](O)[C@H](O)[C@H]2O)cc1. The fourth-order valence-electron chi connectivity index (χ4n) is 3.89. The Hall–Kier alpha value is -3.08. The van der Waals surface area contributed by atoms with Crippen LogP contribution in [0.25, 0.3) is 11.3 Å². The molecule has 9 nitrogen and oxygen atoms in total. The fraction of sp³-hybridized carbons (Fsp3) is 0.385. The Morgan fingerprint density at radius 1 is 1.06 bits per heavy atom. The van der Waals surface area contributed by atoms with E-state index in [9.17, 15) is 20.1 Å². The molecule has 4 atom stereocenters. The van der Waals surface area contributed by atoms with Gasteiger partial charge >= 0.3 is 0 Å². The zero-order valence-corrected chi connectivity index (χ0v) is 20.0. The number of aliphatic hydroxyl groups excluding tert-OH is 3. The number of aromatic nitrogens is 2. The highest BCUT2D eigenvalue weighted by Gasteiger charge is 2.37. The van der Waals surface area contributed by atoms with E-state index in [-0.39, 0.29) is 12.0 Å². The van der Waals surface area contributed by atoms with Crippen molar-refractivity contribution in [3.8, 4) is 11.3 Å². The summed E-state index contributed by atoms with van der Waals surface area (Å²) in [6.07, 6.45) is -5.07. The molecule has 35 heavy (non-hydrogen) atoms. The van der Waals surface area contributed by atoms with Crippen LogP contribution in [0.3, 0.4) is 0 Å². The first-order valence-corrected chi connectivity index (χ1v) is 11.6. The highest BCUT2D eigenvalue weighted by molar-refractivity contribution is 5.93. The average molecular weight is 481 g/mol. The van der Waals surface area contributed by atoms with Crippen molar-refractivity contribution in [2.24, 2.45) is 0 Å². The van der Waals surface area contributed by atoms with Gasteiger partial charge in [0.05, 0.1) is 18.8 Å². The number of amides is 1. The van der Waals surface area contributed by atoms with Crippen LogP contribution in [-0.4, -0.2) is 62.2 Å². The highest BCUT2D eigenvalue weighted by atomic mass is 16.5. The second-order valence-electron chi connectivity index (χ2n) is 9.79. The second-order valence-corrected chi connectivity index (χ2v) is 9.79. The minimum atomic E-state index is -1.41. The molecule has 9 heteroatoms. The summed E-state index contributed by atoms with van der Waals surface area (Å²) in [5.74, 6) is -0.484. The van der Waals surface area contributed by atoms with Gasteiger partial charge in [-0.1, -0.05) is 75.4 Å². The summed E-state index contributed by atoms with van der Waals surface area (Å²) in [4.78, 5) is 13.1. The molecule has 0 saturated carbocycles. The van der Waals surface area contributed by atoms with Gasteiger partial charge in [-0.15, -0.1) is 0 Å². The molecule has 186 valence electrons. The maximum absolute atomic E-state index is 13.1. The van der Waals surface area contributed by atoms with E-state index in [1.807, 2.05) is 42.5 Å². The van der Waals surface area contributed by atoms with E-state index in [1.165, 1.54) is 5.56 Å². The first kappa shape index (κ1) is 25.0. The number of carbonyl (C=O) groups excluding carboxylic acids is 1. The zero-order valence-electron chi connectivity index (χ0n) is 20.0. The molecule has 0 spiro atoms. The van der Waals surface area contributed by atoms with Crippen LogP contribution in [0.1, 0.15) is 42.4 Å². The van der Waals surface area contributed by atoms with Gasteiger partial charge in [-0.05, 0) is 22.6 Å². The molecule has 2 aromatic carbocycles. The van der Waals surface area contributed by atoms with E-state index in [4.69, 9.17) is 4.74 Å². The van der Waals surface area contributed by atoms with Crippen LogP contribution in [0.15, 0.2) is 60.7 Å². The summed E-state index contributed by atoms with van der Waals surface area (Å²) in [6.45, 7) is 6.68. The maximum Gasteiger partial charge on any atom is 0.283 e. The summed E-state index contributed by atoms with van der Waals surface area (Å²) in [6, 6.07) is 19.5. The molecule has 0 aliphatic carbocycles. The first-order valence-electron chi connectivity index (χ1n) is 11.6. The number of nitrogens with zero attached hydrogens (tertiary/aromatic N) is 2. The molecule has 3 aromatic rings. The van der Waals surface area contributed by atoms with E-state index in [2.05, 4.69) is 48.9 Å². The van der Waals surface area contributed by atoms with Gasteiger partial charge in [-0.25, -0.2) is 5.43 Å². The molecule has 5 N–H and O–H groups in total. The van der Waals surface area contributed by atoms with E-state index in [0.717, 1.165) is 11.1 Å². The van der Waals surface area contributed by atoms with Gasteiger partial charge in [0.2, 0.25) is 0 Å². The molecule has 0 bridgehead atoms. The summed E-state index contributed by atoms with van der Waals surface area (Å²) < 4.78 is 6.92. The van der Waals surface area contributed by atoms with Gasteiger partial charge in [0.1, 0.15) is 24.0 Å². The number of hydrogen-bond donors (Lipinski definition) is 5. The predicted octanol–water partition coefficient (Wildman–Crippen LogP) is 1.57. The Morgan fingerprint density at radius 2 is 1.74 bits per heavy atom. The van der Waals surface area contributed by atoms with Crippen molar-refractivity contribution in [1.29, 1.82) is 0 Å². The third-order valence-electron chi connectivity index (χ3n) is 6.06. The van der Waals surface area contributed by atoms with Crippen LogP contribution in [0.2, 0.25) is 0 Å². The Balaban J connectivity index is 1.55. The van der Waals surface area contributed by atoms with Gasteiger partial charge in [0, 0.05) is 5.56 Å². The molecule has 1 saturated heterocycles. The molecule has 4 rings (SSSR count). The number of aliphatic hydroxyl groups is 3. The van der Waals surface area contributed by atoms with Crippen molar-refractivity contribution in [2.45, 2.75) is 57.3 Å². The Labute approximate surface area is 204 Å². The lowest BCUT2D eigenvalue weighted by molar-refractivity contribution is -0.197. The predicted molar refractivity (Wildman–Crippen MR) is 130 cm³/mol. The zero-order chi connectivity index (χ0) is 25.2. The Kier molecular flexibility index (Phi) is 7.34. The van der Waals surface area contributed by atoms with Crippen LogP contribution in [0.5, 0.6) is 0 Å². The molecule has 1 fully saturated rings. The lowest BCUT2D eigenvalue weighted by atomic mass is 9.87. The smallest absolute Gasteiger partial charge is 0.283 e. The Morgan fingerprint density at radius 3 is 2.40 bits per heavy atom. The van der Waals surface area contributed by atoms with Crippen molar-refractivity contribution in [3.05, 3.63) is 77.5 Å². The van der Waals surface area contributed by atoms with Crippen LogP contribution in [-0.2, 0) is 16.7 Å². The van der Waals surface area contributed by atoms with Gasteiger partial charge in [-0.2, -0.15) is 5.10 Å². The topological polar surface area (TPSA) is 129 Å². The minimum absolute atomic E-state index is 0.0385. The van der Waals surface area contributed by atoms with Gasteiger partial charge in [0.15, 0.2) is 6.23 Å². The van der Waals surface area contributed by atoms with Crippen LogP contribution < -0.4 is 10.9 Å². The molecule has 0 radical (unpaired) electrons. The minimum Gasteiger partial charge on any atom is -0.388 e. The van der Waals surface area contributed by atoms with Crippen molar-refractivity contribution in [2.75, 3.05) is 6.61 Å². The molecule has 1 amide bonds. The monoisotopic (exact) mass is 480 g/mol. The largest absolute Gasteiger partial charge is 0.388 e. The normalized spacial score (nSPS) is 22.7. The van der Waals surface area contributed by atoms with Crippen molar-refractivity contribution in [1.82, 2.24) is 20.6 Å². The maximum atomic E-state index is 13.1. The second kappa shape index (κ2) is 10.3. The number of ether oxygens (including phenoxy) is 1. The number of carbonyl (C=O) groups is 1. The van der Waals surface area contributed by atoms with Crippen LogP contribution >= 0.6 is 0 Å². The molecular weight excluding hydrogens is 448 g/mol. The first-order chi connectivity index (χ1) is 16.6. The van der Waals surface area contributed by atoms with Crippen molar-refractivity contribution in [3.63, 3.8) is 0 Å². The number of nitrogens with one attached hydrogen (secondary N) is 2. The fourth-order valence-corrected chi connectivity index (χ4v) is 3.89. The standard InChI is InChI=1S/C26H32N4O5/c1-26(2,3)18-11-9-16(10-12-18)14-30-20(13-19(29-30)17-7-5-4-6-8-17)24(34)27-28-25-23(33)22(32)21(31)15-35-25/h4-13,21-23,25,28,31-33H,14-15H2,1-3H3,(H,27,34)/t21-,22+,23-,25?/m1/s1. The summed E-state index contributed by atoms with van der Waals surface area (Å²) in [7, 11) is 0. The summed E-state index contributed by atoms with van der Waals surface area (Å²) in [5.41, 5.74) is 9.20. The van der Waals surface area contributed by atoms with Crippen LogP contribution in [0.4, 0.5) is 0 Å². The highest BCUT2D eigenvalue weighted by Crippen LogP contribution is 2.24. The molecule has 1 aromatic heterocycles. The van der Waals surface area contributed by atoms with Gasteiger partial charge < -0.3 is 20.1 Å². The number of rotatable bonds is 6. The number of hydrazine groups is 1. The van der Waals surface area contributed by atoms with E-state index in [0.29, 0.717) is 17.9 Å². The molecule has 1 aliphatic heterocycles. The van der Waals surface area contributed by atoms with E-state index in [1.54, 1.807) is 10.7 Å². The van der Waals surface area contributed by atoms with Gasteiger partial charge in [0.25, 0.3) is 5.91 Å².